The average Bonchev–Trinajstić information content (AvgIpc) is 3.72. The first-order chi connectivity index (χ1) is 21.3. The molecule has 3 saturated heterocycles. The third kappa shape index (κ3) is 5.44. The summed E-state index contributed by atoms with van der Waals surface area (Å²) in [4.78, 5) is 52.5. The van der Waals surface area contributed by atoms with E-state index in [2.05, 4.69) is 30.0 Å². The monoisotopic (exact) mass is 690 g/mol. The van der Waals surface area contributed by atoms with E-state index in [0.29, 0.717) is 0 Å². The SMILES string of the molecule is Nc1nc2c(cnn2[C@@H]2O[C@@H]3COP(=O)(O)O[C@@H]4C(O)[C@H](n5cnc6c(N)ncnc65)O[C@@H]4COP(O)(=S)O[C@H]2C3O)c(=O)[nH]1. The van der Waals surface area contributed by atoms with E-state index in [-0.39, 0.29) is 34.0 Å². The van der Waals surface area contributed by atoms with E-state index in [1.807, 2.05) is 0 Å². The minimum atomic E-state index is -5.02. The van der Waals surface area contributed by atoms with Gasteiger partial charge in [-0.1, -0.05) is 0 Å². The molecule has 0 amide bonds. The number of ether oxygens (including phenoxy) is 2. The van der Waals surface area contributed by atoms with Crippen LogP contribution < -0.4 is 17.0 Å². The molecule has 0 saturated carbocycles. The van der Waals surface area contributed by atoms with Gasteiger partial charge in [0.15, 0.2) is 29.6 Å². The minimum Gasteiger partial charge on any atom is -0.387 e. The number of nitrogens with two attached hydrogens (primary N) is 2. The van der Waals surface area contributed by atoms with Crippen molar-refractivity contribution < 1.29 is 52.1 Å². The number of imidazole rings is 1. The smallest absolute Gasteiger partial charge is 0.387 e. The summed E-state index contributed by atoms with van der Waals surface area (Å²) in [6.45, 7) is -5.68. The van der Waals surface area contributed by atoms with E-state index in [1.54, 1.807) is 0 Å². The van der Waals surface area contributed by atoms with Crippen molar-refractivity contribution in [2.75, 3.05) is 24.7 Å². The third-order valence-electron chi connectivity index (χ3n) is 7.32. The molecule has 3 aliphatic heterocycles. The molecule has 22 nitrogen and oxygen atoms in total. The number of nitrogens with one attached hydrogen (secondary N) is 1. The van der Waals surface area contributed by atoms with Gasteiger partial charge in [0.1, 0.15) is 53.9 Å². The van der Waals surface area contributed by atoms with Gasteiger partial charge < -0.3 is 45.5 Å². The molecule has 10 atom stereocenters. The first-order valence-electron chi connectivity index (χ1n) is 13.0. The molecule has 25 heteroatoms. The lowest BCUT2D eigenvalue weighted by atomic mass is 10.1. The van der Waals surface area contributed by atoms with Gasteiger partial charge in [-0.2, -0.15) is 10.1 Å². The van der Waals surface area contributed by atoms with Gasteiger partial charge in [-0.15, -0.1) is 0 Å². The number of aromatic nitrogens is 8. The highest BCUT2D eigenvalue weighted by Crippen LogP contribution is 2.53. The van der Waals surface area contributed by atoms with Crippen LogP contribution in [0.5, 0.6) is 0 Å². The van der Waals surface area contributed by atoms with E-state index in [0.717, 1.165) is 4.68 Å². The van der Waals surface area contributed by atoms with Crippen molar-refractivity contribution in [2.24, 2.45) is 0 Å². The fourth-order valence-corrected chi connectivity index (χ4v) is 7.66. The predicted molar refractivity (Wildman–Crippen MR) is 150 cm³/mol. The molecule has 3 fully saturated rings. The standard InChI is InChI=1S/C20H24N10O12P2S/c21-14-9-16(24-4-23-14)29(5-25-9)18-11(32)12-8(40-18)3-38-44(36,45)42-13-10(31)7(2-37-43(34,35)41-12)39-19(13)30-15-6(1-26-30)17(33)28-20(22)27-15/h1,4-5,7-8,10-13,18-19,31-32H,2-3H2,(H,34,35)(H,36,45)(H2,21,23,24)(H3,22,27,28,33)/t7-,8-,10?,11?,12+,13+,18-,19-,44?/m1/s1. The van der Waals surface area contributed by atoms with Crippen molar-refractivity contribution in [3.8, 4) is 0 Å². The summed E-state index contributed by atoms with van der Waals surface area (Å²) in [6.07, 6.45) is -8.24. The highest BCUT2D eigenvalue weighted by Gasteiger charge is 2.53. The van der Waals surface area contributed by atoms with Crippen LogP contribution in [0.1, 0.15) is 12.5 Å². The molecule has 0 aromatic carbocycles. The number of nitrogens with zero attached hydrogens (tertiary/aromatic N) is 7. The lowest BCUT2D eigenvalue weighted by Gasteiger charge is -2.27. The highest BCUT2D eigenvalue weighted by atomic mass is 32.5. The maximum absolute atomic E-state index is 13.1. The van der Waals surface area contributed by atoms with Gasteiger partial charge in [-0.3, -0.25) is 27.9 Å². The van der Waals surface area contributed by atoms with Gasteiger partial charge in [0.05, 0.1) is 25.7 Å². The summed E-state index contributed by atoms with van der Waals surface area (Å²) < 4.78 is 48.9. The zero-order valence-corrected chi connectivity index (χ0v) is 25.0. The van der Waals surface area contributed by atoms with E-state index in [1.165, 1.54) is 23.4 Å². The molecular weight excluding hydrogens is 666 g/mol. The number of aliphatic hydroxyl groups excluding tert-OH is 2. The van der Waals surface area contributed by atoms with E-state index in [4.69, 9.17) is 50.8 Å². The zero-order valence-electron chi connectivity index (χ0n) is 22.4. The van der Waals surface area contributed by atoms with E-state index >= 15 is 0 Å². The Bertz CT molecular complexity index is 1940. The van der Waals surface area contributed by atoms with E-state index in [9.17, 15) is 29.4 Å². The molecule has 0 spiro atoms. The topological polar surface area (TPSA) is 313 Å². The van der Waals surface area contributed by atoms with Crippen molar-refractivity contribution in [3.63, 3.8) is 0 Å². The van der Waals surface area contributed by atoms with Crippen LogP contribution in [-0.4, -0.2) is 109 Å². The maximum Gasteiger partial charge on any atom is 0.472 e. The fourth-order valence-electron chi connectivity index (χ4n) is 5.28. The molecule has 2 bridgehead atoms. The maximum atomic E-state index is 13.1. The Morgan fingerprint density at radius 3 is 2.53 bits per heavy atom. The number of phosphoric acid groups is 1. The van der Waals surface area contributed by atoms with Crippen LogP contribution in [0.25, 0.3) is 22.2 Å². The molecule has 4 unspecified atom stereocenters. The molecule has 7 rings (SSSR count). The molecule has 3 aliphatic rings. The van der Waals surface area contributed by atoms with Crippen molar-refractivity contribution in [3.05, 3.63) is 29.2 Å². The number of H-pyrrole nitrogens is 1. The van der Waals surface area contributed by atoms with E-state index < -0.39 is 82.4 Å². The van der Waals surface area contributed by atoms with Gasteiger partial charge in [0.25, 0.3) is 5.56 Å². The van der Waals surface area contributed by atoms with Crippen molar-refractivity contribution in [1.82, 2.24) is 39.3 Å². The van der Waals surface area contributed by atoms with Crippen LogP contribution >= 0.6 is 14.5 Å². The van der Waals surface area contributed by atoms with Crippen LogP contribution in [0.2, 0.25) is 0 Å². The molecule has 9 N–H and O–H groups in total. The predicted octanol–water partition coefficient (Wildman–Crippen LogP) is -2.23. The van der Waals surface area contributed by atoms with Gasteiger partial charge in [-0.05, 0) is 11.8 Å². The van der Waals surface area contributed by atoms with Crippen molar-refractivity contribution in [2.45, 2.75) is 49.1 Å². The van der Waals surface area contributed by atoms with Crippen LogP contribution in [0, 0.1) is 0 Å². The molecule has 4 aromatic heterocycles. The van der Waals surface area contributed by atoms with Crippen molar-refractivity contribution in [1.29, 1.82) is 0 Å². The fraction of sp³-hybridized carbons (Fsp3) is 0.500. The summed E-state index contributed by atoms with van der Waals surface area (Å²) >= 11 is 5.21. The van der Waals surface area contributed by atoms with Crippen LogP contribution in [-0.2, 0) is 43.9 Å². The number of hydrogen-bond acceptors (Lipinski definition) is 18. The average molecular weight is 690 g/mol. The molecule has 45 heavy (non-hydrogen) atoms. The largest absolute Gasteiger partial charge is 0.472 e. The Morgan fingerprint density at radius 1 is 0.978 bits per heavy atom. The van der Waals surface area contributed by atoms with Gasteiger partial charge in [0.2, 0.25) is 5.95 Å². The Kier molecular flexibility index (Phi) is 7.52. The summed E-state index contributed by atoms with van der Waals surface area (Å²) in [5.41, 5.74) is 11.3. The molecule has 242 valence electrons. The normalized spacial score (nSPS) is 37.7. The Morgan fingerprint density at radius 2 is 1.73 bits per heavy atom. The number of hydrogen-bond donors (Lipinski definition) is 7. The Hall–Kier alpha value is -3.02. The number of fused-ring (bicyclic) bond motifs is 5. The minimum absolute atomic E-state index is 0.0143. The zero-order chi connectivity index (χ0) is 31.8. The number of aromatic amines is 1. The second-order valence-electron chi connectivity index (χ2n) is 10.1. The van der Waals surface area contributed by atoms with Crippen LogP contribution in [0.3, 0.4) is 0 Å². The summed E-state index contributed by atoms with van der Waals surface area (Å²) in [5, 5.41) is 26.4. The van der Waals surface area contributed by atoms with Gasteiger partial charge >= 0.3 is 14.5 Å². The van der Waals surface area contributed by atoms with Crippen LogP contribution in [0.15, 0.2) is 23.6 Å². The van der Waals surface area contributed by atoms with Gasteiger partial charge in [0, 0.05) is 0 Å². The van der Waals surface area contributed by atoms with Gasteiger partial charge in [-0.25, -0.2) is 24.2 Å². The Balaban J connectivity index is 1.21. The number of nitrogen functional groups attached to an aromatic ring is 2. The highest BCUT2D eigenvalue weighted by molar-refractivity contribution is 8.07. The summed E-state index contributed by atoms with van der Waals surface area (Å²) in [6, 6.07) is 0. The molecule has 4 aromatic rings. The lowest BCUT2D eigenvalue weighted by molar-refractivity contribution is -0.0668. The molecule has 7 heterocycles. The molecule has 0 radical (unpaired) electrons. The first-order valence-corrected chi connectivity index (χ1v) is 17.0. The summed E-state index contributed by atoms with van der Waals surface area (Å²) in [7, 11) is -5.02. The Labute approximate surface area is 254 Å². The number of aliphatic hydroxyl groups is 2. The second kappa shape index (κ2) is 11.1. The second-order valence-corrected chi connectivity index (χ2v) is 14.3. The number of anilines is 2. The number of rotatable bonds is 2. The third-order valence-corrected chi connectivity index (χ3v) is 9.86. The lowest BCUT2D eigenvalue weighted by Crippen LogP contribution is -2.36. The summed E-state index contributed by atoms with van der Waals surface area (Å²) in [5.74, 6) is -0.182. The van der Waals surface area contributed by atoms with Crippen LogP contribution in [0.4, 0.5) is 11.8 Å². The first kappa shape index (κ1) is 30.6. The quantitative estimate of drug-likeness (QED) is 0.109. The van der Waals surface area contributed by atoms with Crippen molar-refractivity contribution >= 4 is 60.3 Å². The molecule has 0 aliphatic carbocycles. The molecular formula is C20H24N10O12P2S. The number of phosphoric ester groups is 1.